The molecule has 0 saturated heterocycles. The number of hydrogen-bond acceptors (Lipinski definition) is 3. The van der Waals surface area contributed by atoms with Crippen LogP contribution in [0.5, 0.6) is 5.75 Å². The average Bonchev–Trinajstić information content (AvgIpc) is 2.37. The fraction of sp³-hybridized carbons (Fsp3) is 0.533. The third kappa shape index (κ3) is 3.96. The molecular weight excluding hydrogens is 242 g/mol. The number of aliphatic hydroxyl groups excluding tert-OH is 1. The molecule has 4 nitrogen and oxygen atoms in total. The van der Waals surface area contributed by atoms with Gasteiger partial charge in [-0.15, -0.1) is 0 Å². The minimum absolute atomic E-state index is 0.0295. The van der Waals surface area contributed by atoms with Gasteiger partial charge in [-0.05, 0) is 31.4 Å². The van der Waals surface area contributed by atoms with Crippen molar-refractivity contribution in [1.29, 1.82) is 0 Å². The van der Waals surface area contributed by atoms with Gasteiger partial charge in [0.25, 0.3) is 0 Å². The first-order valence-electron chi connectivity index (χ1n) is 6.89. The highest BCUT2D eigenvalue weighted by atomic mass is 16.5. The number of carbonyl (C=O) groups is 1. The second kappa shape index (κ2) is 7.14. The van der Waals surface area contributed by atoms with Crippen LogP contribution in [0.1, 0.15) is 25.7 Å². The lowest BCUT2D eigenvalue weighted by Gasteiger charge is -2.37. The van der Waals surface area contributed by atoms with E-state index in [0.29, 0.717) is 25.6 Å². The highest BCUT2D eigenvalue weighted by molar-refractivity contribution is 5.76. The van der Waals surface area contributed by atoms with E-state index >= 15 is 0 Å². The Kier molecular flexibility index (Phi) is 5.21. The average molecular weight is 263 g/mol. The number of rotatable bonds is 7. The summed E-state index contributed by atoms with van der Waals surface area (Å²) >= 11 is 0. The molecule has 0 heterocycles. The zero-order valence-corrected chi connectivity index (χ0v) is 11.1. The van der Waals surface area contributed by atoms with Crippen molar-refractivity contribution >= 4 is 5.91 Å². The van der Waals surface area contributed by atoms with Gasteiger partial charge in [0, 0.05) is 12.6 Å². The number of ether oxygens (including phenoxy) is 1. The normalized spacial score (nSPS) is 14.8. The van der Waals surface area contributed by atoms with Crippen molar-refractivity contribution in [2.75, 3.05) is 19.8 Å². The minimum Gasteiger partial charge on any atom is -0.493 e. The van der Waals surface area contributed by atoms with Gasteiger partial charge in [-0.3, -0.25) is 4.79 Å². The van der Waals surface area contributed by atoms with Crippen LogP contribution >= 0.6 is 0 Å². The first-order chi connectivity index (χ1) is 9.31. The highest BCUT2D eigenvalue weighted by Gasteiger charge is 2.27. The Bertz CT molecular complexity index is 390. The molecule has 19 heavy (non-hydrogen) atoms. The van der Waals surface area contributed by atoms with Crippen molar-refractivity contribution in [2.24, 2.45) is 0 Å². The van der Waals surface area contributed by atoms with Crippen LogP contribution in [0.4, 0.5) is 0 Å². The zero-order chi connectivity index (χ0) is 13.5. The fourth-order valence-corrected chi connectivity index (χ4v) is 2.23. The third-order valence-corrected chi connectivity index (χ3v) is 3.50. The fourth-order valence-electron chi connectivity index (χ4n) is 2.23. The summed E-state index contributed by atoms with van der Waals surface area (Å²) < 4.78 is 5.53. The number of carbonyl (C=O) groups excluding carboxylic acids is 1. The summed E-state index contributed by atoms with van der Waals surface area (Å²) in [6.07, 6.45) is 3.67. The molecule has 1 saturated carbocycles. The molecule has 0 aliphatic heterocycles. The zero-order valence-electron chi connectivity index (χ0n) is 11.1. The van der Waals surface area contributed by atoms with Gasteiger partial charge >= 0.3 is 0 Å². The van der Waals surface area contributed by atoms with Crippen molar-refractivity contribution in [1.82, 2.24) is 4.90 Å². The number of para-hydroxylation sites is 1. The van der Waals surface area contributed by atoms with E-state index in [-0.39, 0.29) is 12.5 Å². The lowest BCUT2D eigenvalue weighted by molar-refractivity contribution is -0.136. The molecule has 0 radical (unpaired) electrons. The molecule has 104 valence electrons. The lowest BCUT2D eigenvalue weighted by atomic mass is 9.91. The Labute approximate surface area is 114 Å². The number of nitrogens with zero attached hydrogens (tertiary/aromatic N) is 1. The van der Waals surface area contributed by atoms with Crippen LogP contribution in [0.2, 0.25) is 0 Å². The van der Waals surface area contributed by atoms with Crippen LogP contribution in [0, 0.1) is 0 Å². The topological polar surface area (TPSA) is 49.8 Å². The van der Waals surface area contributed by atoms with Gasteiger partial charge in [0.05, 0.1) is 19.6 Å². The summed E-state index contributed by atoms with van der Waals surface area (Å²) in [5, 5.41) is 9.03. The Morgan fingerprint density at radius 3 is 2.63 bits per heavy atom. The molecule has 0 atom stereocenters. The summed E-state index contributed by atoms with van der Waals surface area (Å²) in [4.78, 5) is 13.9. The number of hydrogen-bond donors (Lipinski definition) is 1. The van der Waals surface area contributed by atoms with E-state index < -0.39 is 0 Å². The lowest BCUT2D eigenvalue weighted by Crippen LogP contribution is -2.46. The van der Waals surface area contributed by atoms with E-state index in [1.807, 2.05) is 30.3 Å². The predicted octanol–water partition coefficient (Wildman–Crippen LogP) is 1.83. The van der Waals surface area contributed by atoms with Crippen LogP contribution in [-0.4, -0.2) is 41.7 Å². The quantitative estimate of drug-likeness (QED) is 0.816. The van der Waals surface area contributed by atoms with Gasteiger partial charge in [0.2, 0.25) is 5.91 Å². The molecule has 1 fully saturated rings. The maximum absolute atomic E-state index is 12.1. The Balaban J connectivity index is 1.75. The number of benzene rings is 1. The largest absolute Gasteiger partial charge is 0.493 e. The molecule has 0 unspecified atom stereocenters. The van der Waals surface area contributed by atoms with E-state index in [1.54, 1.807) is 4.90 Å². The Morgan fingerprint density at radius 1 is 1.32 bits per heavy atom. The van der Waals surface area contributed by atoms with Gasteiger partial charge in [-0.1, -0.05) is 18.2 Å². The van der Waals surface area contributed by atoms with Crippen molar-refractivity contribution < 1.29 is 14.6 Å². The number of amides is 1. The van der Waals surface area contributed by atoms with Crippen molar-refractivity contribution in [3.63, 3.8) is 0 Å². The van der Waals surface area contributed by atoms with Crippen molar-refractivity contribution in [2.45, 2.75) is 31.7 Å². The molecule has 0 aromatic heterocycles. The monoisotopic (exact) mass is 263 g/mol. The molecule has 2 rings (SSSR count). The molecule has 1 aliphatic carbocycles. The Morgan fingerprint density at radius 2 is 2.05 bits per heavy atom. The highest BCUT2D eigenvalue weighted by Crippen LogP contribution is 2.25. The minimum atomic E-state index is 0.0295. The van der Waals surface area contributed by atoms with E-state index in [1.165, 1.54) is 6.42 Å². The Hall–Kier alpha value is -1.55. The summed E-state index contributed by atoms with van der Waals surface area (Å²) in [6, 6.07) is 9.82. The molecular formula is C15H21NO3. The van der Waals surface area contributed by atoms with E-state index in [4.69, 9.17) is 9.84 Å². The van der Waals surface area contributed by atoms with Gasteiger partial charge < -0.3 is 14.7 Å². The maximum Gasteiger partial charge on any atom is 0.226 e. The second-order valence-electron chi connectivity index (χ2n) is 4.81. The van der Waals surface area contributed by atoms with Gasteiger partial charge in [0.1, 0.15) is 5.75 Å². The predicted molar refractivity (Wildman–Crippen MR) is 73.0 cm³/mol. The van der Waals surface area contributed by atoms with E-state index in [9.17, 15) is 4.79 Å². The molecule has 0 bridgehead atoms. The van der Waals surface area contributed by atoms with E-state index in [0.717, 1.165) is 18.6 Å². The molecule has 1 aromatic rings. The van der Waals surface area contributed by atoms with Crippen LogP contribution < -0.4 is 4.74 Å². The van der Waals surface area contributed by atoms with Crippen molar-refractivity contribution in [3.8, 4) is 5.75 Å². The molecule has 1 aromatic carbocycles. The summed E-state index contributed by atoms with van der Waals surface area (Å²) in [7, 11) is 0. The smallest absolute Gasteiger partial charge is 0.226 e. The van der Waals surface area contributed by atoms with Crippen LogP contribution in [0.3, 0.4) is 0 Å². The number of aliphatic hydroxyl groups is 1. The first-order valence-corrected chi connectivity index (χ1v) is 6.89. The summed E-state index contributed by atoms with van der Waals surface area (Å²) in [6.45, 7) is 0.855. The van der Waals surface area contributed by atoms with Gasteiger partial charge in [0.15, 0.2) is 0 Å². The van der Waals surface area contributed by atoms with Crippen LogP contribution in [0.25, 0.3) is 0 Å². The molecule has 0 spiro atoms. The second-order valence-corrected chi connectivity index (χ2v) is 4.81. The summed E-state index contributed by atoms with van der Waals surface area (Å²) in [5.74, 6) is 0.863. The van der Waals surface area contributed by atoms with Crippen molar-refractivity contribution in [3.05, 3.63) is 30.3 Å². The maximum atomic E-state index is 12.1. The molecule has 1 aliphatic rings. The molecule has 4 heteroatoms. The summed E-state index contributed by atoms with van der Waals surface area (Å²) in [5.41, 5.74) is 0. The van der Waals surface area contributed by atoms with Gasteiger partial charge in [-0.25, -0.2) is 0 Å². The SMILES string of the molecule is O=C(CCOc1ccccc1)N(CCO)C1CCC1. The molecule has 1 amide bonds. The van der Waals surface area contributed by atoms with Crippen LogP contribution in [-0.2, 0) is 4.79 Å². The van der Waals surface area contributed by atoms with E-state index in [2.05, 4.69) is 0 Å². The molecule has 1 N–H and O–H groups in total. The van der Waals surface area contributed by atoms with Gasteiger partial charge in [-0.2, -0.15) is 0 Å². The first kappa shape index (κ1) is 13.9. The standard InChI is InChI=1S/C15H21NO3/c17-11-10-16(13-5-4-6-13)15(18)9-12-19-14-7-2-1-3-8-14/h1-3,7-8,13,17H,4-6,9-12H2. The third-order valence-electron chi connectivity index (χ3n) is 3.50. The van der Waals surface area contributed by atoms with Crippen LogP contribution in [0.15, 0.2) is 30.3 Å².